The molecule has 1 fully saturated rings. The lowest BCUT2D eigenvalue weighted by Gasteiger charge is -2.12. The van der Waals surface area contributed by atoms with Crippen LogP contribution in [0, 0.1) is 17.6 Å². The molecule has 8 heteroatoms. The summed E-state index contributed by atoms with van der Waals surface area (Å²) >= 11 is 0. The lowest BCUT2D eigenvalue weighted by Crippen LogP contribution is -2.19. The highest BCUT2D eigenvalue weighted by Gasteiger charge is 2.51. The van der Waals surface area contributed by atoms with E-state index in [1.807, 2.05) is 6.92 Å². The van der Waals surface area contributed by atoms with Gasteiger partial charge in [-0.2, -0.15) is 0 Å². The second-order valence-electron chi connectivity index (χ2n) is 7.51. The number of rotatable bonds is 9. The molecule has 31 heavy (non-hydrogen) atoms. The molecule has 0 heterocycles. The van der Waals surface area contributed by atoms with Crippen LogP contribution in [-0.4, -0.2) is 32.1 Å². The van der Waals surface area contributed by atoms with Crippen molar-refractivity contribution in [3.05, 3.63) is 70.8 Å². The highest BCUT2D eigenvalue weighted by Crippen LogP contribution is 2.56. The molecule has 0 unspecified atom stereocenters. The monoisotopic (exact) mass is 430 g/mol. The van der Waals surface area contributed by atoms with Crippen molar-refractivity contribution in [3.8, 4) is 0 Å². The van der Waals surface area contributed by atoms with Crippen molar-refractivity contribution in [2.24, 2.45) is 16.2 Å². The van der Waals surface area contributed by atoms with Gasteiger partial charge in [-0.3, -0.25) is 0 Å². The molecule has 1 aliphatic rings. The van der Waals surface area contributed by atoms with Crippen molar-refractivity contribution in [2.45, 2.75) is 31.8 Å². The van der Waals surface area contributed by atoms with Crippen LogP contribution in [0.2, 0.25) is 0 Å². The third-order valence-corrected chi connectivity index (χ3v) is 5.55. The Kier molecular flexibility index (Phi) is 6.99. The number of halogens is 2. The van der Waals surface area contributed by atoms with Crippen LogP contribution in [0.25, 0.3) is 0 Å². The Morgan fingerprint density at radius 2 is 2.00 bits per heavy atom. The number of hydrogen-bond acceptors (Lipinski definition) is 6. The molecule has 6 nitrogen and oxygen atoms in total. The third kappa shape index (κ3) is 5.07. The Labute approximate surface area is 179 Å². The summed E-state index contributed by atoms with van der Waals surface area (Å²) in [7, 11) is 2.61. The number of oxime groups is 2. The predicted molar refractivity (Wildman–Crippen MR) is 112 cm³/mol. The molecule has 2 aromatic rings. The summed E-state index contributed by atoms with van der Waals surface area (Å²) < 4.78 is 32.0. The molecular formula is C23H24F2N2O4. The maximum Gasteiger partial charge on any atom is 0.360 e. The fourth-order valence-corrected chi connectivity index (χ4v) is 3.67. The molecule has 0 aliphatic heterocycles. The van der Waals surface area contributed by atoms with Gasteiger partial charge >= 0.3 is 5.97 Å². The zero-order valence-electron chi connectivity index (χ0n) is 17.6. The number of ether oxygens (including phenoxy) is 1. The van der Waals surface area contributed by atoms with Crippen LogP contribution >= 0.6 is 0 Å². The number of carbonyl (C=O) groups is 1. The van der Waals surface area contributed by atoms with E-state index in [1.54, 1.807) is 30.5 Å². The van der Waals surface area contributed by atoms with Gasteiger partial charge in [-0.05, 0) is 35.8 Å². The summed E-state index contributed by atoms with van der Waals surface area (Å²) in [4.78, 5) is 22.1. The molecule has 3 rings (SSSR count). The second kappa shape index (κ2) is 9.68. The topological polar surface area (TPSA) is 69.5 Å². The molecule has 0 saturated heterocycles. The summed E-state index contributed by atoms with van der Waals surface area (Å²) in [6.07, 6.45) is 3.04. The van der Waals surface area contributed by atoms with E-state index in [-0.39, 0.29) is 23.7 Å². The average Bonchev–Trinajstić information content (AvgIpc) is 3.42. The molecule has 0 aromatic heterocycles. The van der Waals surface area contributed by atoms with E-state index in [0.717, 1.165) is 12.5 Å². The van der Waals surface area contributed by atoms with Gasteiger partial charge in [-0.15, -0.1) is 0 Å². The van der Waals surface area contributed by atoms with E-state index in [1.165, 1.54) is 26.4 Å². The highest BCUT2D eigenvalue weighted by atomic mass is 19.1. The quantitative estimate of drug-likeness (QED) is 0.337. The molecule has 0 N–H and O–H groups in total. The van der Waals surface area contributed by atoms with Crippen LogP contribution in [0.15, 0.2) is 52.8 Å². The fourth-order valence-electron chi connectivity index (χ4n) is 3.67. The van der Waals surface area contributed by atoms with Crippen LogP contribution in [-0.2, 0) is 31.2 Å². The first-order valence-electron chi connectivity index (χ1n) is 9.77. The van der Waals surface area contributed by atoms with Crippen molar-refractivity contribution in [1.29, 1.82) is 0 Å². The van der Waals surface area contributed by atoms with Crippen LogP contribution < -0.4 is 0 Å². The maximum atomic E-state index is 14.1. The Bertz CT molecular complexity index is 1010. The molecule has 1 aliphatic carbocycles. The molecular weight excluding hydrogens is 406 g/mol. The van der Waals surface area contributed by atoms with Gasteiger partial charge in [0.15, 0.2) is 5.71 Å². The van der Waals surface area contributed by atoms with Crippen molar-refractivity contribution >= 4 is 17.9 Å². The van der Waals surface area contributed by atoms with Crippen molar-refractivity contribution in [1.82, 2.24) is 0 Å². The van der Waals surface area contributed by atoms with E-state index < -0.39 is 17.6 Å². The Morgan fingerprint density at radius 1 is 1.23 bits per heavy atom. The minimum atomic E-state index is -0.626. The molecule has 2 aromatic carbocycles. The SMILES string of the molecule is CON=C(C(=O)OC)c1ccccc1CON=CC[C@@H]1C[C@@]1(C)c1ccc(F)cc1F. The summed E-state index contributed by atoms with van der Waals surface area (Å²) in [6, 6.07) is 10.8. The van der Waals surface area contributed by atoms with E-state index >= 15 is 0 Å². The molecule has 164 valence electrons. The number of benzene rings is 2. The van der Waals surface area contributed by atoms with Gasteiger partial charge in [0.2, 0.25) is 0 Å². The highest BCUT2D eigenvalue weighted by molar-refractivity contribution is 6.43. The molecule has 0 radical (unpaired) electrons. The number of nitrogens with zero attached hydrogens (tertiary/aromatic N) is 2. The number of esters is 1. The van der Waals surface area contributed by atoms with Gasteiger partial charge in [0.25, 0.3) is 0 Å². The van der Waals surface area contributed by atoms with Gasteiger partial charge < -0.3 is 14.4 Å². The van der Waals surface area contributed by atoms with Crippen LogP contribution in [0.4, 0.5) is 8.78 Å². The molecule has 0 amide bonds. The zero-order chi connectivity index (χ0) is 22.4. The number of methoxy groups -OCH3 is 1. The fraction of sp³-hybridized carbons (Fsp3) is 0.348. The van der Waals surface area contributed by atoms with Gasteiger partial charge in [-0.1, -0.05) is 47.6 Å². The zero-order valence-corrected chi connectivity index (χ0v) is 17.6. The Morgan fingerprint density at radius 3 is 2.71 bits per heavy atom. The van der Waals surface area contributed by atoms with Crippen molar-refractivity contribution in [2.75, 3.05) is 14.2 Å². The smallest absolute Gasteiger partial charge is 0.360 e. The molecule has 1 saturated carbocycles. The minimum absolute atomic E-state index is 0.0308. The van der Waals surface area contributed by atoms with Crippen molar-refractivity contribution < 1.29 is 28.0 Å². The largest absolute Gasteiger partial charge is 0.464 e. The summed E-state index contributed by atoms with van der Waals surface area (Å²) in [5.41, 5.74) is 1.43. The molecule has 2 atom stereocenters. The number of hydrogen-bond donors (Lipinski definition) is 0. The van der Waals surface area contributed by atoms with Crippen molar-refractivity contribution in [3.63, 3.8) is 0 Å². The standard InChI is InChI=1S/C23H24F2N2O4/c1-23(19-9-8-17(24)12-20(19)25)13-16(23)10-11-26-31-14-15-6-4-5-7-18(15)21(27-30-3)22(28)29-2/h4-9,11-12,16H,10,13-14H2,1-3H3/t16-,23-/m1/s1. The summed E-state index contributed by atoms with van der Waals surface area (Å²) in [6.45, 7) is 2.07. The summed E-state index contributed by atoms with van der Waals surface area (Å²) in [5, 5.41) is 7.74. The second-order valence-corrected chi connectivity index (χ2v) is 7.51. The van der Waals surface area contributed by atoms with Gasteiger partial charge in [0.1, 0.15) is 25.4 Å². The normalized spacial score (nSPS) is 20.5. The maximum absolute atomic E-state index is 14.1. The van der Waals surface area contributed by atoms with Crippen LogP contribution in [0.3, 0.4) is 0 Å². The van der Waals surface area contributed by atoms with E-state index in [9.17, 15) is 13.6 Å². The van der Waals surface area contributed by atoms with E-state index in [0.29, 0.717) is 23.1 Å². The average molecular weight is 430 g/mol. The first-order valence-corrected chi connectivity index (χ1v) is 9.77. The first kappa shape index (κ1) is 22.4. The predicted octanol–water partition coefficient (Wildman–Crippen LogP) is 4.36. The number of carbonyl (C=O) groups excluding carboxylic acids is 1. The molecule has 0 bridgehead atoms. The van der Waals surface area contributed by atoms with E-state index in [2.05, 4.69) is 10.3 Å². The van der Waals surface area contributed by atoms with Gasteiger partial charge in [0, 0.05) is 23.4 Å². The lowest BCUT2D eigenvalue weighted by molar-refractivity contribution is -0.132. The van der Waals surface area contributed by atoms with E-state index in [4.69, 9.17) is 14.4 Å². The summed E-state index contributed by atoms with van der Waals surface area (Å²) in [5.74, 6) is -1.53. The van der Waals surface area contributed by atoms with Gasteiger partial charge in [-0.25, -0.2) is 13.6 Å². The van der Waals surface area contributed by atoms with Crippen LogP contribution in [0.5, 0.6) is 0 Å². The minimum Gasteiger partial charge on any atom is -0.464 e. The Hall–Kier alpha value is -3.29. The third-order valence-electron chi connectivity index (χ3n) is 5.55. The lowest BCUT2D eigenvalue weighted by atomic mass is 9.94. The molecule has 0 spiro atoms. The van der Waals surface area contributed by atoms with Crippen LogP contribution in [0.1, 0.15) is 36.5 Å². The van der Waals surface area contributed by atoms with Gasteiger partial charge in [0.05, 0.1) is 7.11 Å². The Balaban J connectivity index is 1.58. The first-order chi connectivity index (χ1) is 14.9.